The summed E-state index contributed by atoms with van der Waals surface area (Å²) in [6, 6.07) is 4.35. The van der Waals surface area contributed by atoms with Crippen LogP contribution in [0.3, 0.4) is 0 Å². The zero-order valence-electron chi connectivity index (χ0n) is 22.5. The maximum atomic E-state index is 14.6. The highest BCUT2D eigenvalue weighted by molar-refractivity contribution is 6.06. The number of ether oxygens (including phenoxy) is 1. The first kappa shape index (κ1) is 25.7. The molecule has 1 spiro atoms. The van der Waals surface area contributed by atoms with E-state index in [1.165, 1.54) is 4.90 Å². The highest BCUT2D eigenvalue weighted by Gasteiger charge is 2.75. The van der Waals surface area contributed by atoms with Crippen molar-refractivity contribution in [1.82, 2.24) is 9.80 Å². The maximum absolute atomic E-state index is 14.6. The number of carbonyl (C=O) groups excluding carboxylic acids is 3. The van der Waals surface area contributed by atoms with E-state index in [0.717, 1.165) is 16.8 Å². The van der Waals surface area contributed by atoms with Crippen LogP contribution in [0.25, 0.3) is 0 Å². The Hall–Kier alpha value is -2.97. The predicted octanol–water partition coefficient (Wildman–Crippen LogP) is 2.22. The van der Waals surface area contributed by atoms with Gasteiger partial charge in [0.05, 0.1) is 30.1 Å². The van der Waals surface area contributed by atoms with Gasteiger partial charge in [-0.05, 0) is 43.9 Å². The molecule has 4 heterocycles. The fourth-order valence-corrected chi connectivity index (χ4v) is 6.79. The minimum atomic E-state index is -1.33. The van der Waals surface area contributed by atoms with Gasteiger partial charge in [0.15, 0.2) is 0 Å². The van der Waals surface area contributed by atoms with Gasteiger partial charge in [0.2, 0.25) is 11.8 Å². The highest BCUT2D eigenvalue weighted by Crippen LogP contribution is 2.58. The van der Waals surface area contributed by atoms with Crippen molar-refractivity contribution in [3.05, 3.63) is 53.6 Å². The van der Waals surface area contributed by atoms with Crippen LogP contribution in [0.4, 0.5) is 5.69 Å². The Kier molecular flexibility index (Phi) is 6.11. The summed E-state index contributed by atoms with van der Waals surface area (Å²) in [7, 11) is 1.72. The molecular formula is C29H37N3O5. The van der Waals surface area contributed by atoms with Crippen molar-refractivity contribution in [2.45, 2.75) is 57.9 Å². The van der Waals surface area contributed by atoms with E-state index in [1.807, 2.05) is 77.1 Å². The van der Waals surface area contributed by atoms with Crippen LogP contribution in [0.2, 0.25) is 0 Å². The van der Waals surface area contributed by atoms with E-state index >= 15 is 0 Å². The summed E-state index contributed by atoms with van der Waals surface area (Å²) < 4.78 is 6.82. The van der Waals surface area contributed by atoms with Crippen LogP contribution >= 0.6 is 0 Å². The molecule has 4 aliphatic rings. The topological polar surface area (TPSA) is 90.4 Å². The number of fused-ring (bicyclic) bond motifs is 2. The van der Waals surface area contributed by atoms with Gasteiger partial charge in [0, 0.05) is 25.8 Å². The second-order valence-corrected chi connectivity index (χ2v) is 11.5. The van der Waals surface area contributed by atoms with Crippen LogP contribution in [0.1, 0.15) is 31.9 Å². The fourth-order valence-electron chi connectivity index (χ4n) is 6.79. The lowest BCUT2D eigenvalue weighted by atomic mass is 9.74. The fraction of sp³-hybridized carbons (Fsp3) is 0.552. The van der Waals surface area contributed by atoms with Crippen molar-refractivity contribution >= 4 is 23.4 Å². The zero-order valence-corrected chi connectivity index (χ0v) is 22.5. The third-order valence-electron chi connectivity index (χ3n) is 8.67. The van der Waals surface area contributed by atoms with Gasteiger partial charge in [-0.2, -0.15) is 0 Å². The first-order valence-electron chi connectivity index (χ1n) is 13.1. The van der Waals surface area contributed by atoms with Gasteiger partial charge in [0.1, 0.15) is 11.6 Å². The molecule has 4 aliphatic heterocycles. The molecule has 8 heteroatoms. The summed E-state index contributed by atoms with van der Waals surface area (Å²) >= 11 is 0. The molecule has 0 radical (unpaired) electrons. The molecule has 6 atom stereocenters. The number of likely N-dealkylation sites (N-methyl/N-ethyl adjacent to an activating group) is 1. The Labute approximate surface area is 218 Å². The predicted molar refractivity (Wildman–Crippen MR) is 140 cm³/mol. The Bertz CT molecular complexity index is 1210. The summed E-state index contributed by atoms with van der Waals surface area (Å²) in [6.07, 6.45) is 7.50. The lowest BCUT2D eigenvalue weighted by Crippen LogP contribution is -2.59. The summed E-state index contributed by atoms with van der Waals surface area (Å²) in [4.78, 5) is 47.5. The van der Waals surface area contributed by atoms with E-state index in [4.69, 9.17) is 4.74 Å². The number of aliphatic hydroxyl groups excluding tert-OH is 1. The molecule has 198 valence electrons. The van der Waals surface area contributed by atoms with E-state index in [9.17, 15) is 19.5 Å². The molecule has 2 saturated heterocycles. The number of hydrogen-bond donors (Lipinski definition) is 1. The highest BCUT2D eigenvalue weighted by atomic mass is 16.5. The summed E-state index contributed by atoms with van der Waals surface area (Å²) in [5.74, 6) is -2.54. The first-order chi connectivity index (χ1) is 17.5. The second-order valence-electron chi connectivity index (χ2n) is 11.5. The largest absolute Gasteiger partial charge is 0.394 e. The number of likely N-dealkylation sites (tertiary alicyclic amines) is 1. The third kappa shape index (κ3) is 3.60. The van der Waals surface area contributed by atoms with Crippen molar-refractivity contribution in [2.24, 2.45) is 17.8 Å². The Morgan fingerprint density at radius 2 is 1.73 bits per heavy atom. The van der Waals surface area contributed by atoms with Crippen molar-refractivity contribution < 1.29 is 24.2 Å². The van der Waals surface area contributed by atoms with Gasteiger partial charge < -0.3 is 24.5 Å². The van der Waals surface area contributed by atoms with Gasteiger partial charge in [-0.15, -0.1) is 0 Å². The summed E-state index contributed by atoms with van der Waals surface area (Å²) in [5, 5.41) is 10.4. The van der Waals surface area contributed by atoms with E-state index in [2.05, 4.69) is 0 Å². The Balaban J connectivity index is 1.71. The standard InChI is InChI=1S/C29H37N3O5/c1-17(2)21(16-33)32-24-27(36)31(20-15-18(3)9-10-19(20)4)14-8-12-29(24)23(26(32)35)22-25(34)30(6)13-7-11-28(22,5)37-29/h7-12,15,17,21-24,33H,13-14,16H2,1-6H3/t21-,22-,23-,24?,28+,29-/m0/s1. The van der Waals surface area contributed by atoms with E-state index in [-0.39, 0.29) is 30.2 Å². The summed E-state index contributed by atoms with van der Waals surface area (Å²) in [5.41, 5.74) is 0.373. The van der Waals surface area contributed by atoms with Crippen LogP contribution in [-0.4, -0.2) is 82.7 Å². The quantitative estimate of drug-likeness (QED) is 0.632. The SMILES string of the molecule is Cc1ccc(C)c(N2CC=C[C@]34O[C@]5(C)C=CCN(C)C(=O)[C@@H]5[C@H]3C(=O)N([C@@H](CO)C(C)C)C4C2=O)c1. The third-order valence-corrected chi connectivity index (χ3v) is 8.67. The number of carbonyl (C=O) groups is 3. The average Bonchev–Trinajstić information content (AvgIpc) is 3.11. The van der Waals surface area contributed by atoms with E-state index in [0.29, 0.717) is 13.1 Å². The number of nitrogens with zero attached hydrogens (tertiary/aromatic N) is 3. The molecule has 3 amide bonds. The molecule has 1 unspecified atom stereocenters. The molecular weight excluding hydrogens is 470 g/mol. The molecule has 0 aromatic heterocycles. The first-order valence-corrected chi connectivity index (χ1v) is 13.1. The lowest BCUT2D eigenvalue weighted by Gasteiger charge is -2.41. The Morgan fingerprint density at radius 3 is 2.41 bits per heavy atom. The molecule has 5 rings (SSSR count). The normalized spacial score (nSPS) is 34.0. The number of rotatable bonds is 4. The minimum absolute atomic E-state index is 0.113. The van der Waals surface area contributed by atoms with E-state index in [1.54, 1.807) is 16.8 Å². The number of aliphatic hydroxyl groups is 1. The molecule has 0 saturated carbocycles. The second kappa shape index (κ2) is 8.81. The lowest BCUT2D eigenvalue weighted by molar-refractivity contribution is -0.151. The number of amides is 3. The number of aryl methyl sites for hydroxylation is 2. The number of anilines is 1. The van der Waals surface area contributed by atoms with Crippen molar-refractivity contribution in [2.75, 3.05) is 31.6 Å². The van der Waals surface area contributed by atoms with Crippen LogP contribution in [0, 0.1) is 31.6 Å². The van der Waals surface area contributed by atoms with Crippen molar-refractivity contribution in [3.8, 4) is 0 Å². The number of benzene rings is 1. The van der Waals surface area contributed by atoms with Crippen molar-refractivity contribution in [3.63, 3.8) is 0 Å². The summed E-state index contributed by atoms with van der Waals surface area (Å²) in [6.45, 7) is 10.1. The molecule has 2 fully saturated rings. The molecule has 1 aromatic carbocycles. The molecule has 1 aromatic rings. The van der Waals surface area contributed by atoms with Crippen molar-refractivity contribution in [1.29, 1.82) is 0 Å². The maximum Gasteiger partial charge on any atom is 0.253 e. The Morgan fingerprint density at radius 1 is 1.03 bits per heavy atom. The van der Waals surface area contributed by atoms with E-state index < -0.39 is 35.1 Å². The van der Waals surface area contributed by atoms with Gasteiger partial charge in [-0.1, -0.05) is 50.3 Å². The monoisotopic (exact) mass is 507 g/mol. The van der Waals surface area contributed by atoms with Crippen LogP contribution < -0.4 is 4.90 Å². The molecule has 0 aliphatic carbocycles. The molecule has 8 nitrogen and oxygen atoms in total. The molecule has 1 N–H and O–H groups in total. The van der Waals surface area contributed by atoms with Crippen LogP contribution in [0.5, 0.6) is 0 Å². The van der Waals surface area contributed by atoms with Gasteiger partial charge in [-0.3, -0.25) is 14.4 Å². The van der Waals surface area contributed by atoms with Gasteiger partial charge >= 0.3 is 0 Å². The number of hydrogen-bond acceptors (Lipinski definition) is 5. The average molecular weight is 508 g/mol. The van der Waals surface area contributed by atoms with Gasteiger partial charge in [-0.25, -0.2) is 0 Å². The zero-order chi connectivity index (χ0) is 26.9. The minimum Gasteiger partial charge on any atom is -0.394 e. The smallest absolute Gasteiger partial charge is 0.253 e. The molecule has 0 bridgehead atoms. The van der Waals surface area contributed by atoms with Gasteiger partial charge in [0.25, 0.3) is 5.91 Å². The van der Waals surface area contributed by atoms with Crippen LogP contribution in [0.15, 0.2) is 42.5 Å². The molecule has 37 heavy (non-hydrogen) atoms. The van der Waals surface area contributed by atoms with Crippen LogP contribution in [-0.2, 0) is 19.1 Å².